The van der Waals surface area contributed by atoms with Crippen LogP contribution in [0.4, 0.5) is 34.1 Å². The Labute approximate surface area is 457 Å². The van der Waals surface area contributed by atoms with Gasteiger partial charge < -0.3 is 34.9 Å². The number of fused-ring (bicyclic) bond motifs is 2. The molecular weight excluding hydrogens is 1050 g/mol. The molecule has 73 heavy (non-hydrogen) atoms. The summed E-state index contributed by atoms with van der Waals surface area (Å²) in [5, 5.41) is 48.1. The number of phenols is 1. The van der Waals surface area contributed by atoms with E-state index in [9.17, 15) is 45.7 Å². The van der Waals surface area contributed by atoms with Gasteiger partial charge in [-0.1, -0.05) is 77.5 Å². The molecule has 23 heteroatoms. The number of rotatable bonds is 12. The number of amides is 2. The summed E-state index contributed by atoms with van der Waals surface area (Å²) in [6.07, 6.45) is 0. The maximum absolute atomic E-state index is 13.3. The standard InChI is InChI=1S/2C25H20ClN3O6S.Ca/c2*1-14-11-18(36(32,33)34)13-21(22(14)26)28-29-23-19-6-4-3-5-15(19)12-20(24(23)30)25(31)27-16-7-9-17(35-2)10-8-16;/h2*3-13,30H,1-2H3,(H,27,31)(H,32,33,34);/q;;+2/p-2. The van der Waals surface area contributed by atoms with Crippen LogP contribution in [0.25, 0.3) is 21.5 Å². The van der Waals surface area contributed by atoms with Crippen LogP contribution in [0.5, 0.6) is 23.0 Å². The van der Waals surface area contributed by atoms with E-state index in [1.165, 1.54) is 39.3 Å². The monoisotopic (exact) mass is 1090 g/mol. The number of nitrogens with zero attached hydrogens (tertiary/aromatic N) is 4. The number of ether oxygens (including phenoxy) is 2. The molecule has 4 N–H and O–H groups in total. The average Bonchev–Trinajstić information content (AvgIpc) is 3.35. The van der Waals surface area contributed by atoms with Crippen LogP contribution in [0.2, 0.25) is 10.0 Å². The van der Waals surface area contributed by atoms with Crippen molar-refractivity contribution < 1.29 is 55.2 Å². The van der Waals surface area contributed by atoms with Crippen molar-refractivity contribution in [2.75, 3.05) is 24.9 Å². The van der Waals surface area contributed by atoms with Crippen LogP contribution in [0.3, 0.4) is 0 Å². The van der Waals surface area contributed by atoms with Gasteiger partial charge in [-0.05, 0) is 121 Å². The van der Waals surface area contributed by atoms with Gasteiger partial charge in [-0.2, -0.15) is 13.5 Å². The topological polar surface area (TPSA) is 281 Å². The molecule has 0 aliphatic carbocycles. The van der Waals surface area contributed by atoms with Gasteiger partial charge in [0.25, 0.3) is 21.9 Å². The molecule has 0 radical (unpaired) electrons. The molecule has 0 aromatic heterocycles. The van der Waals surface area contributed by atoms with Gasteiger partial charge in [0.05, 0.1) is 45.3 Å². The van der Waals surface area contributed by atoms with E-state index in [1.54, 1.807) is 104 Å². The molecule has 0 saturated carbocycles. The number of carbonyl (C=O) groups is 2. The predicted octanol–water partition coefficient (Wildman–Crippen LogP) is 11.5. The van der Waals surface area contributed by atoms with Gasteiger partial charge in [-0.25, -0.2) is 8.42 Å². The Morgan fingerprint density at radius 3 is 1.47 bits per heavy atom. The van der Waals surface area contributed by atoms with Crippen molar-refractivity contribution in [2.24, 2.45) is 20.5 Å². The smallest absolute Gasteiger partial charge is 0.870 e. The summed E-state index contributed by atoms with van der Waals surface area (Å²) in [7, 11) is -6.24. The number of hydrogen-bond donors (Lipinski definition) is 4. The first-order chi connectivity index (χ1) is 34.2. The van der Waals surface area contributed by atoms with Gasteiger partial charge in [0.1, 0.15) is 38.7 Å². The number of phenolic OH excluding ortho intramolecular Hbond substituents is 1. The minimum absolute atomic E-state index is 0. The minimum atomic E-state index is -4.78. The fourth-order valence-electron chi connectivity index (χ4n) is 7.00. The Kier molecular flexibility index (Phi) is 17.8. The molecule has 0 fully saturated rings. The Bertz CT molecular complexity index is 3490. The summed E-state index contributed by atoms with van der Waals surface area (Å²) in [4.78, 5) is 25.1. The van der Waals surface area contributed by atoms with E-state index in [2.05, 4.69) is 31.1 Å². The fraction of sp³-hybridized carbons (Fsp3) is 0.0800. The molecule has 0 unspecified atom stereocenters. The van der Waals surface area contributed by atoms with Crippen molar-refractivity contribution >= 4 is 149 Å². The number of anilines is 2. The number of methoxy groups -OCH3 is 2. The second kappa shape index (κ2) is 23.4. The molecule has 0 saturated heterocycles. The van der Waals surface area contributed by atoms with Crippen molar-refractivity contribution in [3.8, 4) is 23.0 Å². The molecule has 8 aromatic rings. The van der Waals surface area contributed by atoms with Crippen molar-refractivity contribution in [3.63, 3.8) is 0 Å². The average molecular weight is 1090 g/mol. The van der Waals surface area contributed by atoms with E-state index in [1.807, 2.05) is 0 Å². The third kappa shape index (κ3) is 13.1. The molecular formula is C50H38CaCl2N6O12S2. The molecule has 0 spiro atoms. The van der Waals surface area contributed by atoms with Crippen LogP contribution in [-0.2, 0) is 20.2 Å². The second-order valence-electron chi connectivity index (χ2n) is 15.5. The maximum Gasteiger partial charge on any atom is 2.00 e. The van der Waals surface area contributed by atoms with Crippen LogP contribution in [0.1, 0.15) is 31.8 Å². The predicted molar refractivity (Wildman–Crippen MR) is 275 cm³/mol. The van der Waals surface area contributed by atoms with Gasteiger partial charge in [-0.3, -0.25) is 14.1 Å². The third-order valence-corrected chi connectivity index (χ3v) is 13.3. The SMILES string of the molecule is COc1ccc(NC(=O)c2cc3ccccc3c(N=Nc3cc(S(=O)(=O)O)cc(C)c3Cl)c2O)cc1.COc1ccc(NC(=O)c2cc3ccccc3c(N=Nc3cc(S(=O)(=O)[O-])cc(C)c3Cl)c2[O-])cc1.[Ca+2]. The summed E-state index contributed by atoms with van der Waals surface area (Å²) in [6, 6.07) is 34.3. The second-order valence-corrected chi connectivity index (χ2v) is 19.1. The Morgan fingerprint density at radius 2 is 1.00 bits per heavy atom. The summed E-state index contributed by atoms with van der Waals surface area (Å²) < 4.78 is 77.3. The van der Waals surface area contributed by atoms with Crippen LogP contribution < -0.4 is 25.2 Å². The van der Waals surface area contributed by atoms with Crippen LogP contribution in [-0.4, -0.2) is 94.8 Å². The number of carbonyl (C=O) groups excluding carboxylic acids is 2. The fourth-order valence-corrected chi connectivity index (χ4v) is 8.46. The van der Waals surface area contributed by atoms with Crippen molar-refractivity contribution in [1.82, 2.24) is 0 Å². The molecule has 0 aliphatic heterocycles. The van der Waals surface area contributed by atoms with Crippen LogP contribution in [0.15, 0.2) is 164 Å². The van der Waals surface area contributed by atoms with E-state index in [-0.39, 0.29) is 81.7 Å². The molecule has 368 valence electrons. The summed E-state index contributed by atoms with van der Waals surface area (Å²) in [5.74, 6) is -1.13. The zero-order chi connectivity index (χ0) is 52.1. The van der Waals surface area contributed by atoms with E-state index < -0.39 is 53.3 Å². The summed E-state index contributed by atoms with van der Waals surface area (Å²) >= 11 is 12.5. The first kappa shape index (κ1) is 55.6. The Hall–Kier alpha value is -6.72. The van der Waals surface area contributed by atoms with Gasteiger partial charge in [0.15, 0.2) is 5.75 Å². The Balaban J connectivity index is 0.000000235. The number of hydrogen-bond acceptors (Lipinski definition) is 15. The minimum Gasteiger partial charge on any atom is -0.870 e. The Morgan fingerprint density at radius 1 is 0.589 bits per heavy atom. The van der Waals surface area contributed by atoms with E-state index >= 15 is 0 Å². The largest absolute Gasteiger partial charge is 2.00 e. The maximum atomic E-state index is 13.3. The van der Waals surface area contributed by atoms with Gasteiger partial charge in [-0.15, -0.1) is 15.3 Å². The number of azo groups is 2. The van der Waals surface area contributed by atoms with Crippen molar-refractivity contribution in [3.05, 3.63) is 166 Å². The van der Waals surface area contributed by atoms with Gasteiger partial charge in [0, 0.05) is 27.7 Å². The van der Waals surface area contributed by atoms with E-state index in [4.69, 9.17) is 32.7 Å². The summed E-state index contributed by atoms with van der Waals surface area (Å²) in [5.41, 5.74) is 1.06. The molecule has 0 atom stereocenters. The van der Waals surface area contributed by atoms with Crippen molar-refractivity contribution in [2.45, 2.75) is 23.6 Å². The van der Waals surface area contributed by atoms with Crippen LogP contribution in [0, 0.1) is 13.8 Å². The molecule has 8 aromatic carbocycles. The van der Waals surface area contributed by atoms with E-state index in [0.717, 1.165) is 18.2 Å². The molecule has 18 nitrogen and oxygen atoms in total. The number of aromatic hydroxyl groups is 1. The van der Waals surface area contributed by atoms with Gasteiger partial charge >= 0.3 is 37.7 Å². The first-order valence-electron chi connectivity index (χ1n) is 20.9. The third-order valence-electron chi connectivity index (χ3n) is 10.7. The molecule has 0 heterocycles. The quantitative estimate of drug-likeness (QED) is 0.0505. The van der Waals surface area contributed by atoms with Gasteiger partial charge in [0.2, 0.25) is 0 Å². The zero-order valence-corrected chi connectivity index (χ0v) is 44.1. The molecule has 0 aliphatic rings. The number of nitrogens with one attached hydrogen (secondary N) is 2. The molecule has 2 amide bonds. The number of halogens is 2. The van der Waals surface area contributed by atoms with Crippen molar-refractivity contribution in [1.29, 1.82) is 0 Å². The first-order valence-corrected chi connectivity index (χ1v) is 24.5. The number of benzene rings is 8. The number of aryl methyl sites for hydroxylation is 2. The summed E-state index contributed by atoms with van der Waals surface area (Å²) in [6.45, 7) is 3.06. The van der Waals surface area contributed by atoms with Crippen LogP contribution >= 0.6 is 23.2 Å². The zero-order valence-electron chi connectivity index (χ0n) is 38.7. The van der Waals surface area contributed by atoms with E-state index in [0.29, 0.717) is 55.5 Å². The normalized spacial score (nSPS) is 11.5. The molecule has 8 rings (SSSR count). The molecule has 0 bridgehead atoms.